The number of phenolic OH excluding ortho intramolecular Hbond substituents is 1. The predicted octanol–water partition coefficient (Wildman–Crippen LogP) is 3.30. The molecule has 1 amide bonds. The van der Waals surface area contributed by atoms with Crippen LogP contribution in [0.5, 0.6) is 17.2 Å². The molecule has 0 radical (unpaired) electrons. The molecule has 3 heterocycles. The van der Waals surface area contributed by atoms with Gasteiger partial charge in [-0.3, -0.25) is 15.0 Å². The quantitative estimate of drug-likeness (QED) is 0.497. The second-order valence-corrected chi connectivity index (χ2v) is 8.56. The van der Waals surface area contributed by atoms with E-state index in [1.165, 1.54) is 18.2 Å². The van der Waals surface area contributed by atoms with Gasteiger partial charge < -0.3 is 24.3 Å². The van der Waals surface area contributed by atoms with Gasteiger partial charge in [-0.25, -0.2) is 4.98 Å². The number of ether oxygens (including phenoxy) is 2. The fraction of sp³-hybridized carbons (Fsp3) is 0.360. The fourth-order valence-electron chi connectivity index (χ4n) is 4.70. The summed E-state index contributed by atoms with van der Waals surface area (Å²) in [6, 6.07) is 9.78. The Kier molecular flexibility index (Phi) is 6.12. The van der Waals surface area contributed by atoms with Crippen LogP contribution < -0.4 is 14.8 Å². The van der Waals surface area contributed by atoms with Gasteiger partial charge in [0.15, 0.2) is 11.5 Å². The van der Waals surface area contributed by atoms with Crippen molar-refractivity contribution in [3.05, 3.63) is 54.6 Å². The molecule has 3 N–H and O–H groups in total. The zero-order chi connectivity index (χ0) is 23.7. The Bertz CT molecular complexity index is 1220. The molecule has 1 saturated heterocycles. The van der Waals surface area contributed by atoms with Gasteiger partial charge in [-0.15, -0.1) is 0 Å². The highest BCUT2D eigenvalue weighted by Crippen LogP contribution is 2.41. The highest BCUT2D eigenvalue weighted by atomic mass is 16.6. The van der Waals surface area contributed by atoms with Crippen molar-refractivity contribution in [1.82, 2.24) is 14.5 Å². The van der Waals surface area contributed by atoms with Crippen LogP contribution in [-0.4, -0.2) is 63.1 Å². The van der Waals surface area contributed by atoms with Crippen LogP contribution in [0.3, 0.4) is 0 Å². The van der Waals surface area contributed by atoms with Crippen LogP contribution in [0.15, 0.2) is 49.1 Å². The minimum absolute atomic E-state index is 0.0126. The van der Waals surface area contributed by atoms with E-state index in [4.69, 9.17) is 14.5 Å². The van der Waals surface area contributed by atoms with Gasteiger partial charge in [-0.05, 0) is 49.2 Å². The zero-order valence-corrected chi connectivity index (χ0v) is 18.8. The first kappa shape index (κ1) is 22.2. The molecular formula is C25H28N4O5. The Balaban J connectivity index is 1.61. The first-order valence-corrected chi connectivity index (χ1v) is 11.5. The number of anilines is 1. The lowest BCUT2D eigenvalue weighted by Crippen LogP contribution is -2.37. The second kappa shape index (κ2) is 9.36. The minimum atomic E-state index is -0.755. The van der Waals surface area contributed by atoms with E-state index in [0.29, 0.717) is 48.3 Å². The van der Waals surface area contributed by atoms with Crippen molar-refractivity contribution in [3.8, 4) is 17.2 Å². The molecule has 178 valence electrons. The number of phenols is 1. The number of rotatable bonds is 5. The van der Waals surface area contributed by atoms with Crippen molar-refractivity contribution in [3.63, 3.8) is 0 Å². The molecule has 2 atom stereocenters. The molecule has 2 aromatic carbocycles. The van der Waals surface area contributed by atoms with E-state index in [2.05, 4.69) is 11.9 Å². The summed E-state index contributed by atoms with van der Waals surface area (Å²) in [5.74, 6) is 1.26. The van der Waals surface area contributed by atoms with Crippen LogP contribution in [0.1, 0.15) is 35.7 Å². The molecular weight excluding hydrogens is 436 g/mol. The average molecular weight is 465 g/mol. The van der Waals surface area contributed by atoms with Crippen molar-refractivity contribution in [2.45, 2.75) is 31.5 Å². The van der Waals surface area contributed by atoms with Gasteiger partial charge in [-0.2, -0.15) is 0 Å². The molecule has 2 unspecified atom stereocenters. The highest BCUT2D eigenvalue weighted by Gasteiger charge is 2.30. The Morgan fingerprint density at radius 2 is 2.09 bits per heavy atom. The van der Waals surface area contributed by atoms with Crippen LogP contribution in [0.2, 0.25) is 0 Å². The molecule has 3 aromatic rings. The Morgan fingerprint density at radius 1 is 1.24 bits per heavy atom. The van der Waals surface area contributed by atoms with Crippen molar-refractivity contribution < 1.29 is 24.5 Å². The maximum Gasteiger partial charge on any atom is 0.258 e. The van der Waals surface area contributed by atoms with Crippen LogP contribution in [0, 0.1) is 0 Å². The molecule has 0 spiro atoms. The first-order chi connectivity index (χ1) is 16.5. The SMILES string of the molecule is C=CC(O)N1CCCCC(n2c(NC(=O)c3cccc(O)c3)nc3ccc4c(c32)OCCO4)C1. The van der Waals surface area contributed by atoms with E-state index < -0.39 is 6.23 Å². The third-order valence-electron chi connectivity index (χ3n) is 6.32. The number of hydrogen-bond donors (Lipinski definition) is 3. The maximum absolute atomic E-state index is 13.1. The first-order valence-electron chi connectivity index (χ1n) is 11.5. The third-order valence-corrected chi connectivity index (χ3v) is 6.32. The van der Waals surface area contributed by atoms with Crippen molar-refractivity contribution >= 4 is 22.9 Å². The molecule has 1 aromatic heterocycles. The lowest BCUT2D eigenvalue weighted by atomic mass is 10.1. The van der Waals surface area contributed by atoms with E-state index in [9.17, 15) is 15.0 Å². The van der Waals surface area contributed by atoms with E-state index in [1.54, 1.807) is 12.1 Å². The van der Waals surface area contributed by atoms with Crippen LogP contribution in [0.4, 0.5) is 5.95 Å². The Hall–Kier alpha value is -3.56. The molecule has 5 rings (SSSR count). The molecule has 2 aliphatic heterocycles. The van der Waals surface area contributed by atoms with E-state index >= 15 is 0 Å². The number of aliphatic hydroxyl groups is 1. The number of benzene rings is 2. The van der Waals surface area contributed by atoms with Gasteiger partial charge in [0.2, 0.25) is 5.95 Å². The number of likely N-dealkylation sites (tertiary alicyclic amines) is 1. The van der Waals surface area contributed by atoms with Gasteiger partial charge in [0.05, 0.1) is 11.6 Å². The smallest absolute Gasteiger partial charge is 0.258 e. The molecule has 0 saturated carbocycles. The molecule has 9 heteroatoms. The summed E-state index contributed by atoms with van der Waals surface area (Å²) < 4.78 is 13.8. The van der Waals surface area contributed by atoms with Gasteiger partial charge >= 0.3 is 0 Å². The normalized spacial score (nSPS) is 19.4. The standard InChI is InChI=1S/C25H28N4O5/c1-2-21(31)28-11-4-3-7-17(15-28)29-22-19(9-10-20-23(22)34-13-12-33-20)26-25(29)27-24(32)16-6-5-8-18(30)14-16/h2,5-6,8-10,14,17,21,30-31H,1,3-4,7,11-13,15H2,(H,26,27,32). The zero-order valence-electron chi connectivity index (χ0n) is 18.8. The number of fused-ring (bicyclic) bond motifs is 3. The number of hydrogen-bond acceptors (Lipinski definition) is 7. The summed E-state index contributed by atoms with van der Waals surface area (Å²) in [5.41, 5.74) is 1.75. The molecule has 2 aliphatic rings. The predicted molar refractivity (Wildman–Crippen MR) is 127 cm³/mol. The van der Waals surface area contributed by atoms with E-state index in [1.807, 2.05) is 21.6 Å². The number of amides is 1. The summed E-state index contributed by atoms with van der Waals surface area (Å²) >= 11 is 0. The third kappa shape index (κ3) is 4.20. The van der Waals surface area contributed by atoms with Gasteiger partial charge in [0.1, 0.15) is 30.7 Å². The lowest BCUT2D eigenvalue weighted by molar-refractivity contribution is 0.0371. The molecule has 0 aliphatic carbocycles. The minimum Gasteiger partial charge on any atom is -0.508 e. The second-order valence-electron chi connectivity index (χ2n) is 8.56. The van der Waals surface area contributed by atoms with Crippen LogP contribution in [0.25, 0.3) is 11.0 Å². The number of carbonyl (C=O) groups excluding carboxylic acids is 1. The topological polar surface area (TPSA) is 109 Å². The van der Waals surface area contributed by atoms with Crippen molar-refractivity contribution in [2.75, 3.05) is 31.6 Å². The van der Waals surface area contributed by atoms with Crippen molar-refractivity contribution in [2.24, 2.45) is 0 Å². The van der Waals surface area contributed by atoms with Gasteiger partial charge in [0, 0.05) is 18.7 Å². The van der Waals surface area contributed by atoms with Crippen LogP contribution >= 0.6 is 0 Å². The van der Waals surface area contributed by atoms with E-state index in [-0.39, 0.29) is 17.7 Å². The number of aromatic hydroxyl groups is 1. The van der Waals surface area contributed by atoms with Gasteiger partial charge in [-0.1, -0.05) is 19.1 Å². The number of imidazole rings is 1. The van der Waals surface area contributed by atoms with Crippen LogP contribution in [-0.2, 0) is 0 Å². The summed E-state index contributed by atoms with van der Waals surface area (Å²) in [5, 5.41) is 23.2. The number of nitrogens with one attached hydrogen (secondary N) is 1. The largest absolute Gasteiger partial charge is 0.508 e. The monoisotopic (exact) mass is 464 g/mol. The Labute approximate surface area is 197 Å². The summed E-state index contributed by atoms with van der Waals surface area (Å²) in [7, 11) is 0. The average Bonchev–Trinajstić information content (AvgIpc) is 3.04. The summed E-state index contributed by atoms with van der Waals surface area (Å²) in [6.07, 6.45) is 3.51. The number of nitrogens with zero attached hydrogens (tertiary/aromatic N) is 3. The fourth-order valence-corrected chi connectivity index (χ4v) is 4.70. The molecule has 34 heavy (non-hydrogen) atoms. The summed E-state index contributed by atoms with van der Waals surface area (Å²) in [4.78, 5) is 19.8. The molecule has 1 fully saturated rings. The number of aliphatic hydroxyl groups excluding tert-OH is 1. The molecule has 9 nitrogen and oxygen atoms in total. The summed E-state index contributed by atoms with van der Waals surface area (Å²) in [6.45, 7) is 5.93. The highest BCUT2D eigenvalue weighted by molar-refractivity contribution is 6.04. The molecule has 0 bridgehead atoms. The maximum atomic E-state index is 13.1. The van der Waals surface area contributed by atoms with Crippen molar-refractivity contribution in [1.29, 1.82) is 0 Å². The number of aromatic nitrogens is 2. The lowest BCUT2D eigenvalue weighted by Gasteiger charge is -2.29. The number of carbonyl (C=O) groups is 1. The van der Waals surface area contributed by atoms with Gasteiger partial charge in [0.25, 0.3) is 5.91 Å². The van der Waals surface area contributed by atoms with E-state index in [0.717, 1.165) is 31.3 Å². The Morgan fingerprint density at radius 3 is 2.91 bits per heavy atom.